The average molecular weight is 277 g/mol. The van der Waals surface area contributed by atoms with Crippen LogP contribution in [-0.2, 0) is 0 Å². The summed E-state index contributed by atoms with van der Waals surface area (Å²) < 4.78 is 0. The molecule has 0 radical (unpaired) electrons. The molecule has 1 aliphatic heterocycles. The Morgan fingerprint density at radius 2 is 1.90 bits per heavy atom. The highest BCUT2D eigenvalue weighted by Gasteiger charge is 2.34. The van der Waals surface area contributed by atoms with E-state index in [9.17, 15) is 10.2 Å². The first kappa shape index (κ1) is 15.5. The molecular formula is C17H27NO2. The molecule has 0 aromatic heterocycles. The lowest BCUT2D eigenvalue weighted by Gasteiger charge is -2.35. The third kappa shape index (κ3) is 3.60. The van der Waals surface area contributed by atoms with Crippen molar-refractivity contribution >= 4 is 0 Å². The molecule has 1 aromatic rings. The molecule has 20 heavy (non-hydrogen) atoms. The minimum Gasteiger partial charge on any atom is -0.393 e. The summed E-state index contributed by atoms with van der Waals surface area (Å²) in [5.41, 5.74) is 0.776. The van der Waals surface area contributed by atoms with Crippen molar-refractivity contribution in [1.29, 1.82) is 0 Å². The molecule has 3 heteroatoms. The number of aliphatic hydroxyl groups excluding tert-OH is 2. The van der Waals surface area contributed by atoms with Crippen LogP contribution in [0.3, 0.4) is 0 Å². The first-order chi connectivity index (χ1) is 9.40. The highest BCUT2D eigenvalue weighted by molar-refractivity contribution is 5.19. The Kier molecular flexibility index (Phi) is 4.84. The monoisotopic (exact) mass is 277 g/mol. The fourth-order valence-corrected chi connectivity index (χ4v) is 3.15. The lowest BCUT2D eigenvalue weighted by molar-refractivity contribution is 0.0228. The molecule has 1 aromatic carbocycles. The summed E-state index contributed by atoms with van der Waals surface area (Å²) in [4.78, 5) is 2.36. The van der Waals surface area contributed by atoms with E-state index in [1.54, 1.807) is 0 Å². The van der Waals surface area contributed by atoms with Gasteiger partial charge in [0.1, 0.15) is 0 Å². The Bertz CT molecular complexity index is 416. The van der Waals surface area contributed by atoms with Gasteiger partial charge in [0.05, 0.1) is 12.2 Å². The SMILES string of the molecule is CC(O)C1CCN(CC(C)(C)C(O)c2ccccc2)C1. The van der Waals surface area contributed by atoms with E-state index in [1.165, 1.54) is 0 Å². The van der Waals surface area contributed by atoms with Gasteiger partial charge < -0.3 is 15.1 Å². The van der Waals surface area contributed by atoms with Crippen LogP contribution < -0.4 is 0 Å². The summed E-state index contributed by atoms with van der Waals surface area (Å²) in [6.45, 7) is 8.90. The van der Waals surface area contributed by atoms with Crippen molar-refractivity contribution in [3.8, 4) is 0 Å². The molecule has 3 unspecified atom stereocenters. The zero-order chi connectivity index (χ0) is 14.8. The number of likely N-dealkylation sites (tertiary alicyclic amines) is 1. The maximum atomic E-state index is 10.6. The molecule has 2 rings (SSSR count). The predicted octanol–water partition coefficient (Wildman–Crippen LogP) is 2.45. The Labute approximate surface area is 122 Å². The van der Waals surface area contributed by atoms with Crippen LogP contribution in [0.15, 0.2) is 30.3 Å². The number of benzene rings is 1. The largest absolute Gasteiger partial charge is 0.393 e. The van der Waals surface area contributed by atoms with E-state index in [0.29, 0.717) is 5.92 Å². The summed E-state index contributed by atoms with van der Waals surface area (Å²) in [5, 5.41) is 20.3. The van der Waals surface area contributed by atoms with E-state index >= 15 is 0 Å². The fourth-order valence-electron chi connectivity index (χ4n) is 3.15. The Morgan fingerprint density at radius 1 is 1.25 bits per heavy atom. The summed E-state index contributed by atoms with van der Waals surface area (Å²) in [6, 6.07) is 9.86. The van der Waals surface area contributed by atoms with Gasteiger partial charge in [-0.25, -0.2) is 0 Å². The average Bonchev–Trinajstić information content (AvgIpc) is 2.87. The molecule has 1 aliphatic rings. The van der Waals surface area contributed by atoms with Gasteiger partial charge in [-0.2, -0.15) is 0 Å². The number of rotatable bonds is 5. The van der Waals surface area contributed by atoms with Crippen LogP contribution in [0.1, 0.15) is 38.9 Å². The minimum absolute atomic E-state index is 0.199. The van der Waals surface area contributed by atoms with Crippen LogP contribution >= 0.6 is 0 Å². The van der Waals surface area contributed by atoms with Gasteiger partial charge in [-0.1, -0.05) is 44.2 Å². The van der Waals surface area contributed by atoms with E-state index in [1.807, 2.05) is 37.3 Å². The maximum Gasteiger partial charge on any atom is 0.0853 e. The van der Waals surface area contributed by atoms with Gasteiger partial charge >= 0.3 is 0 Å². The van der Waals surface area contributed by atoms with Crippen molar-refractivity contribution in [2.75, 3.05) is 19.6 Å². The zero-order valence-corrected chi connectivity index (χ0v) is 12.8. The first-order valence-electron chi connectivity index (χ1n) is 7.53. The van der Waals surface area contributed by atoms with Crippen LogP contribution in [-0.4, -0.2) is 40.9 Å². The van der Waals surface area contributed by atoms with Crippen molar-refractivity contribution in [1.82, 2.24) is 4.90 Å². The topological polar surface area (TPSA) is 43.7 Å². The van der Waals surface area contributed by atoms with Crippen molar-refractivity contribution in [3.05, 3.63) is 35.9 Å². The van der Waals surface area contributed by atoms with E-state index in [2.05, 4.69) is 18.7 Å². The second-order valence-electron chi connectivity index (χ2n) is 6.83. The summed E-state index contributed by atoms with van der Waals surface area (Å²) >= 11 is 0. The molecule has 0 bridgehead atoms. The molecule has 3 atom stereocenters. The van der Waals surface area contributed by atoms with Gasteiger partial charge in [-0.15, -0.1) is 0 Å². The summed E-state index contributed by atoms with van der Waals surface area (Å²) in [6.07, 6.45) is 0.353. The highest BCUT2D eigenvalue weighted by Crippen LogP contribution is 2.35. The van der Waals surface area contributed by atoms with E-state index < -0.39 is 6.10 Å². The second kappa shape index (κ2) is 6.25. The van der Waals surface area contributed by atoms with Gasteiger partial charge in [0.25, 0.3) is 0 Å². The molecule has 112 valence electrons. The number of aliphatic hydroxyl groups is 2. The third-order valence-electron chi connectivity index (χ3n) is 4.48. The molecule has 1 saturated heterocycles. The van der Waals surface area contributed by atoms with Gasteiger partial charge in [-0.05, 0) is 31.4 Å². The normalized spacial score (nSPS) is 23.8. The molecule has 1 heterocycles. The van der Waals surface area contributed by atoms with E-state index in [4.69, 9.17) is 0 Å². The van der Waals surface area contributed by atoms with Crippen molar-refractivity contribution in [3.63, 3.8) is 0 Å². The molecule has 3 nitrogen and oxygen atoms in total. The van der Waals surface area contributed by atoms with Crippen molar-refractivity contribution in [2.45, 2.75) is 39.4 Å². The standard InChI is InChI=1S/C17H27NO2/c1-13(19)15-9-10-18(11-15)12-17(2,3)16(20)14-7-5-4-6-8-14/h4-8,13,15-16,19-20H,9-12H2,1-3H3. The number of hydrogen-bond donors (Lipinski definition) is 2. The van der Waals surface area contributed by atoms with Crippen LogP contribution in [0, 0.1) is 11.3 Å². The van der Waals surface area contributed by atoms with E-state index in [-0.39, 0.29) is 11.5 Å². The predicted molar refractivity (Wildman–Crippen MR) is 81.4 cm³/mol. The Balaban J connectivity index is 1.97. The smallest absolute Gasteiger partial charge is 0.0853 e. The van der Waals surface area contributed by atoms with Crippen molar-refractivity contribution < 1.29 is 10.2 Å². The molecule has 0 saturated carbocycles. The maximum absolute atomic E-state index is 10.6. The quantitative estimate of drug-likeness (QED) is 0.869. The van der Waals surface area contributed by atoms with Crippen LogP contribution in [0.2, 0.25) is 0 Å². The molecule has 1 fully saturated rings. The summed E-state index contributed by atoms with van der Waals surface area (Å²) in [7, 11) is 0. The second-order valence-corrected chi connectivity index (χ2v) is 6.83. The minimum atomic E-state index is -0.464. The van der Waals surface area contributed by atoms with Gasteiger partial charge in [-0.3, -0.25) is 0 Å². The van der Waals surface area contributed by atoms with Gasteiger partial charge in [0.15, 0.2) is 0 Å². The van der Waals surface area contributed by atoms with Gasteiger partial charge in [0.2, 0.25) is 0 Å². The number of nitrogens with zero attached hydrogens (tertiary/aromatic N) is 1. The fraction of sp³-hybridized carbons (Fsp3) is 0.647. The molecule has 0 spiro atoms. The van der Waals surface area contributed by atoms with Gasteiger partial charge in [0, 0.05) is 18.5 Å². The van der Waals surface area contributed by atoms with Crippen LogP contribution in [0.5, 0.6) is 0 Å². The lowest BCUT2D eigenvalue weighted by atomic mass is 9.82. The Morgan fingerprint density at radius 3 is 2.45 bits per heavy atom. The molecule has 0 amide bonds. The summed E-state index contributed by atoms with van der Waals surface area (Å²) in [5.74, 6) is 0.375. The van der Waals surface area contributed by atoms with Crippen LogP contribution in [0.4, 0.5) is 0 Å². The zero-order valence-electron chi connectivity index (χ0n) is 12.8. The Hall–Kier alpha value is -0.900. The molecule has 0 aliphatic carbocycles. The number of hydrogen-bond acceptors (Lipinski definition) is 3. The first-order valence-corrected chi connectivity index (χ1v) is 7.53. The van der Waals surface area contributed by atoms with E-state index in [0.717, 1.165) is 31.6 Å². The highest BCUT2D eigenvalue weighted by atomic mass is 16.3. The van der Waals surface area contributed by atoms with Crippen LogP contribution in [0.25, 0.3) is 0 Å². The lowest BCUT2D eigenvalue weighted by Crippen LogP contribution is -2.37. The molecular weight excluding hydrogens is 250 g/mol. The third-order valence-corrected chi connectivity index (χ3v) is 4.48. The molecule has 2 N–H and O–H groups in total. The van der Waals surface area contributed by atoms with Crippen molar-refractivity contribution in [2.24, 2.45) is 11.3 Å².